The van der Waals surface area contributed by atoms with Crippen molar-refractivity contribution in [3.8, 4) is 0 Å². The fraction of sp³-hybridized carbons (Fsp3) is 0.469. The molecule has 6 rings (SSSR count). The highest BCUT2D eigenvalue weighted by atomic mass is 31.2. The fourth-order valence-electron chi connectivity index (χ4n) is 6.33. The summed E-state index contributed by atoms with van der Waals surface area (Å²) in [5.41, 5.74) is -0.459. The van der Waals surface area contributed by atoms with Gasteiger partial charge in [0.2, 0.25) is 5.91 Å². The zero-order valence-corrected chi connectivity index (χ0v) is 27.2. The van der Waals surface area contributed by atoms with Gasteiger partial charge in [-0.1, -0.05) is 98.4 Å². The lowest BCUT2D eigenvalue weighted by Crippen LogP contribution is -2.59. The predicted molar refractivity (Wildman–Crippen MR) is 171 cm³/mol. The minimum absolute atomic E-state index is 0.107. The van der Waals surface area contributed by atoms with Crippen LogP contribution in [0.4, 0.5) is 5.82 Å². The van der Waals surface area contributed by atoms with E-state index in [1.807, 2.05) is 0 Å². The van der Waals surface area contributed by atoms with E-state index in [4.69, 9.17) is 13.8 Å². The van der Waals surface area contributed by atoms with Gasteiger partial charge in [0.1, 0.15) is 20.1 Å². The van der Waals surface area contributed by atoms with Crippen LogP contribution in [0.2, 0.25) is 12.6 Å². The molecule has 4 heterocycles. The lowest BCUT2D eigenvalue weighted by atomic mass is 10.0. The van der Waals surface area contributed by atoms with Crippen LogP contribution < -0.4 is 21.4 Å². The van der Waals surface area contributed by atoms with E-state index in [0.717, 1.165) is 25.4 Å². The standard InChI is InChI=1S/C32H41N4O5PSi/c1-5-26-27(20-30(39-26)35-18-17-29(34-32(35)38)33-31(37)22(2)3)40-42-36-19-16-25(36)28(41-42)21-43(4,23-12-8-6-9-13-23)24-14-10-7-11-15-24/h6-15,17-18,22,25-28,30H,5,16,19-21H2,1-4H3,(H,33,34,37,38)/t25-,26+,27+,28+,30+,42-/m0/s1. The Morgan fingerprint density at radius 3 is 2.33 bits per heavy atom. The summed E-state index contributed by atoms with van der Waals surface area (Å²) < 4.78 is 23.7. The molecule has 1 N–H and O–H groups in total. The molecule has 3 saturated heterocycles. The van der Waals surface area contributed by atoms with E-state index in [1.165, 1.54) is 14.9 Å². The molecule has 0 bridgehead atoms. The molecule has 1 aromatic heterocycles. The van der Waals surface area contributed by atoms with Gasteiger partial charge in [-0.3, -0.25) is 9.36 Å². The van der Waals surface area contributed by atoms with Crippen LogP contribution in [0.3, 0.4) is 0 Å². The van der Waals surface area contributed by atoms with Crippen molar-refractivity contribution in [2.75, 3.05) is 11.9 Å². The summed E-state index contributed by atoms with van der Waals surface area (Å²) >= 11 is 0. The van der Waals surface area contributed by atoms with Crippen LogP contribution in [-0.2, 0) is 18.6 Å². The number of nitrogens with one attached hydrogen (secondary N) is 1. The monoisotopic (exact) mass is 620 g/mol. The third kappa shape index (κ3) is 6.14. The Hall–Kier alpha value is -2.72. The zero-order valence-electron chi connectivity index (χ0n) is 25.3. The number of aromatic nitrogens is 2. The fourth-order valence-corrected chi connectivity index (χ4v) is 12.3. The van der Waals surface area contributed by atoms with Crippen LogP contribution >= 0.6 is 8.53 Å². The van der Waals surface area contributed by atoms with E-state index in [2.05, 4.69) is 89.1 Å². The van der Waals surface area contributed by atoms with Gasteiger partial charge >= 0.3 is 5.69 Å². The molecule has 2 aromatic carbocycles. The average Bonchev–Trinajstić information content (AvgIpc) is 3.49. The highest BCUT2D eigenvalue weighted by Gasteiger charge is 2.53. The number of anilines is 1. The zero-order chi connectivity index (χ0) is 30.1. The highest BCUT2D eigenvalue weighted by Crippen LogP contribution is 2.60. The van der Waals surface area contributed by atoms with Gasteiger partial charge in [-0.2, -0.15) is 4.98 Å². The van der Waals surface area contributed by atoms with Gasteiger partial charge in [0.25, 0.3) is 8.53 Å². The summed E-state index contributed by atoms with van der Waals surface area (Å²) in [7, 11) is -3.30. The molecule has 3 fully saturated rings. The molecule has 9 nitrogen and oxygen atoms in total. The number of hydrogen-bond donors (Lipinski definition) is 1. The smallest absolute Gasteiger partial charge is 0.351 e. The molecule has 3 aliphatic rings. The van der Waals surface area contributed by atoms with Crippen LogP contribution in [0.15, 0.2) is 77.7 Å². The number of benzene rings is 2. The Kier molecular flexibility index (Phi) is 8.96. The lowest BCUT2D eigenvalue weighted by molar-refractivity contribution is -0.118. The number of carbonyl (C=O) groups excluding carboxylic acids is 1. The van der Waals surface area contributed by atoms with E-state index < -0.39 is 28.5 Å². The van der Waals surface area contributed by atoms with Crippen molar-refractivity contribution in [1.29, 1.82) is 0 Å². The Bertz CT molecular complexity index is 1440. The predicted octanol–water partition coefficient (Wildman–Crippen LogP) is 4.51. The number of ether oxygens (including phenoxy) is 1. The second-order valence-electron chi connectivity index (χ2n) is 12.2. The number of carbonyl (C=O) groups is 1. The first-order valence-electron chi connectivity index (χ1n) is 15.3. The van der Waals surface area contributed by atoms with Crippen molar-refractivity contribution >= 4 is 38.7 Å². The van der Waals surface area contributed by atoms with E-state index >= 15 is 0 Å². The molecule has 228 valence electrons. The lowest BCUT2D eigenvalue weighted by Gasteiger charge is -2.39. The summed E-state index contributed by atoms with van der Waals surface area (Å²) in [6, 6.07) is 24.8. The second kappa shape index (κ2) is 12.7. The quantitative estimate of drug-likeness (QED) is 0.263. The molecule has 0 aliphatic carbocycles. The molecule has 0 saturated carbocycles. The second-order valence-corrected chi connectivity index (χ2v) is 17.9. The SMILES string of the molecule is CC[C@H]1O[C@@H](n2ccc(NC(=O)C(C)C)nc2=O)C[C@H]1O[P@@]1O[C@H](C[Si](C)(c2ccccc2)c2ccccc2)[C@@H]2CCN21. The van der Waals surface area contributed by atoms with Crippen molar-refractivity contribution in [3.63, 3.8) is 0 Å². The summed E-state index contributed by atoms with van der Waals surface area (Å²) in [6.45, 7) is 9.09. The minimum Gasteiger partial charge on any atom is -0.352 e. The third-order valence-electron chi connectivity index (χ3n) is 9.06. The maximum atomic E-state index is 12.9. The van der Waals surface area contributed by atoms with Crippen LogP contribution in [0, 0.1) is 5.92 Å². The van der Waals surface area contributed by atoms with E-state index in [-0.39, 0.29) is 36.0 Å². The van der Waals surface area contributed by atoms with Gasteiger partial charge in [-0.25, -0.2) is 9.46 Å². The van der Waals surface area contributed by atoms with Crippen molar-refractivity contribution in [3.05, 3.63) is 83.4 Å². The summed E-state index contributed by atoms with van der Waals surface area (Å²) in [4.78, 5) is 29.0. The maximum absolute atomic E-state index is 12.9. The number of nitrogens with zero attached hydrogens (tertiary/aromatic N) is 3. The van der Waals surface area contributed by atoms with Gasteiger partial charge < -0.3 is 19.1 Å². The molecule has 0 radical (unpaired) electrons. The Balaban J connectivity index is 1.15. The van der Waals surface area contributed by atoms with Crippen molar-refractivity contribution in [2.45, 2.75) is 83.2 Å². The molecule has 3 aliphatic heterocycles. The number of hydrogen-bond acceptors (Lipinski definition) is 7. The summed E-state index contributed by atoms with van der Waals surface area (Å²) in [5.74, 6) is -0.140. The topological polar surface area (TPSA) is 94.9 Å². The molecule has 3 aromatic rings. The van der Waals surface area contributed by atoms with Crippen LogP contribution in [0.25, 0.3) is 0 Å². The van der Waals surface area contributed by atoms with Gasteiger partial charge in [0, 0.05) is 31.1 Å². The van der Waals surface area contributed by atoms with Crippen molar-refractivity contribution in [2.24, 2.45) is 5.92 Å². The van der Waals surface area contributed by atoms with E-state index in [1.54, 1.807) is 26.1 Å². The summed E-state index contributed by atoms with van der Waals surface area (Å²) in [5, 5.41) is 5.52. The molecule has 1 amide bonds. The molecule has 11 heteroatoms. The first-order chi connectivity index (χ1) is 20.8. The maximum Gasteiger partial charge on any atom is 0.351 e. The van der Waals surface area contributed by atoms with Gasteiger partial charge in [0.15, 0.2) is 0 Å². The molecular weight excluding hydrogens is 579 g/mol. The Morgan fingerprint density at radius 2 is 1.77 bits per heavy atom. The molecule has 0 unspecified atom stereocenters. The molecular formula is C32H41N4O5PSi. The van der Waals surface area contributed by atoms with Crippen LogP contribution in [0.1, 0.15) is 46.3 Å². The average molecular weight is 621 g/mol. The normalized spacial score (nSPS) is 27.2. The van der Waals surface area contributed by atoms with Crippen LogP contribution in [0.5, 0.6) is 0 Å². The highest BCUT2D eigenvalue weighted by molar-refractivity contribution is 7.45. The first kappa shape index (κ1) is 30.3. The van der Waals surface area contributed by atoms with Gasteiger partial charge in [0.05, 0.1) is 18.3 Å². The molecule has 0 spiro atoms. The largest absolute Gasteiger partial charge is 0.352 e. The molecule has 43 heavy (non-hydrogen) atoms. The number of amides is 1. The van der Waals surface area contributed by atoms with Crippen molar-refractivity contribution < 1.29 is 18.6 Å². The minimum atomic E-state index is -2.07. The number of fused-ring (bicyclic) bond motifs is 1. The van der Waals surface area contributed by atoms with Gasteiger partial charge in [-0.05, 0) is 25.0 Å². The molecule has 6 atom stereocenters. The van der Waals surface area contributed by atoms with Crippen LogP contribution in [-0.4, -0.2) is 59.1 Å². The van der Waals surface area contributed by atoms with E-state index in [0.29, 0.717) is 12.5 Å². The Labute approximate surface area is 255 Å². The van der Waals surface area contributed by atoms with E-state index in [9.17, 15) is 9.59 Å². The third-order valence-corrected chi connectivity index (χ3v) is 15.3. The van der Waals surface area contributed by atoms with Gasteiger partial charge in [-0.15, -0.1) is 0 Å². The van der Waals surface area contributed by atoms with Crippen molar-refractivity contribution in [1.82, 2.24) is 14.2 Å². The summed E-state index contributed by atoms with van der Waals surface area (Å²) in [6.07, 6.45) is 3.31. The first-order valence-corrected chi connectivity index (χ1v) is 19.2. The Morgan fingerprint density at radius 1 is 1.09 bits per heavy atom. The number of rotatable bonds is 10.